The van der Waals surface area contributed by atoms with Crippen LogP contribution in [0.5, 0.6) is 5.75 Å². The van der Waals surface area contributed by atoms with E-state index in [2.05, 4.69) is 5.32 Å². The van der Waals surface area contributed by atoms with Gasteiger partial charge in [-0.25, -0.2) is 0 Å². The fourth-order valence-electron chi connectivity index (χ4n) is 3.15. The smallest absolute Gasteiger partial charge is 0.227 e. The van der Waals surface area contributed by atoms with E-state index in [9.17, 15) is 9.90 Å². The highest BCUT2D eigenvalue weighted by molar-refractivity contribution is 5.79. The zero-order valence-electron chi connectivity index (χ0n) is 11.0. The molecule has 0 aliphatic carbocycles. The quantitative estimate of drug-likeness (QED) is 0.838. The summed E-state index contributed by atoms with van der Waals surface area (Å²) in [4.78, 5) is 14.3. The summed E-state index contributed by atoms with van der Waals surface area (Å²) >= 11 is 0. The Morgan fingerprint density at radius 1 is 1.32 bits per heavy atom. The van der Waals surface area contributed by atoms with Gasteiger partial charge in [-0.15, -0.1) is 0 Å². The summed E-state index contributed by atoms with van der Waals surface area (Å²) in [5.74, 6) is 1.08. The first kappa shape index (κ1) is 12.5. The molecule has 2 N–H and O–H groups in total. The number of likely N-dealkylation sites (tertiary alicyclic amines) is 1. The topological polar surface area (TPSA) is 52.6 Å². The lowest BCUT2D eigenvalue weighted by molar-refractivity contribution is -0.129. The van der Waals surface area contributed by atoms with Crippen LogP contribution in [0.25, 0.3) is 0 Å². The molecule has 102 valence electrons. The highest BCUT2D eigenvalue weighted by Crippen LogP contribution is 2.25. The SMILES string of the molecule is O=C(Cc1ccc(O)cc1)N1CC2CCCNC2C1. The van der Waals surface area contributed by atoms with Crippen molar-refractivity contribution in [3.63, 3.8) is 0 Å². The number of benzene rings is 1. The highest BCUT2D eigenvalue weighted by atomic mass is 16.3. The number of fused-ring (bicyclic) bond motifs is 1. The molecule has 2 heterocycles. The Morgan fingerprint density at radius 3 is 2.84 bits per heavy atom. The third-order valence-corrected chi connectivity index (χ3v) is 4.24. The predicted molar refractivity (Wildman–Crippen MR) is 72.9 cm³/mol. The molecule has 0 bridgehead atoms. The number of piperidine rings is 1. The first-order valence-electron chi connectivity index (χ1n) is 7.01. The van der Waals surface area contributed by atoms with Crippen molar-refractivity contribution in [3.05, 3.63) is 29.8 Å². The van der Waals surface area contributed by atoms with Crippen LogP contribution >= 0.6 is 0 Å². The van der Waals surface area contributed by atoms with Crippen molar-refractivity contribution in [2.45, 2.75) is 25.3 Å². The van der Waals surface area contributed by atoms with Gasteiger partial charge < -0.3 is 15.3 Å². The lowest BCUT2D eigenvalue weighted by atomic mass is 9.94. The van der Waals surface area contributed by atoms with Crippen molar-refractivity contribution in [2.24, 2.45) is 5.92 Å². The molecule has 0 aromatic heterocycles. The fourth-order valence-corrected chi connectivity index (χ4v) is 3.15. The van der Waals surface area contributed by atoms with Crippen molar-refractivity contribution < 1.29 is 9.90 Å². The van der Waals surface area contributed by atoms with Crippen molar-refractivity contribution in [2.75, 3.05) is 19.6 Å². The molecule has 2 unspecified atom stereocenters. The highest BCUT2D eigenvalue weighted by Gasteiger charge is 2.36. The normalized spacial score (nSPS) is 26.2. The molecule has 4 nitrogen and oxygen atoms in total. The van der Waals surface area contributed by atoms with Crippen LogP contribution in [0.1, 0.15) is 18.4 Å². The predicted octanol–water partition coefficient (Wildman–Crippen LogP) is 1.15. The number of rotatable bonds is 2. The van der Waals surface area contributed by atoms with Gasteiger partial charge in [0.2, 0.25) is 5.91 Å². The van der Waals surface area contributed by atoms with Gasteiger partial charge >= 0.3 is 0 Å². The van der Waals surface area contributed by atoms with Crippen molar-refractivity contribution in [1.29, 1.82) is 0 Å². The largest absolute Gasteiger partial charge is 0.508 e. The minimum atomic E-state index is 0.196. The molecular formula is C15H20N2O2. The van der Waals surface area contributed by atoms with Crippen LogP contribution in [0.2, 0.25) is 0 Å². The van der Waals surface area contributed by atoms with Gasteiger partial charge in [-0.05, 0) is 43.0 Å². The molecule has 4 heteroatoms. The number of nitrogens with zero attached hydrogens (tertiary/aromatic N) is 1. The van der Waals surface area contributed by atoms with Crippen molar-refractivity contribution >= 4 is 5.91 Å². The van der Waals surface area contributed by atoms with Crippen molar-refractivity contribution in [1.82, 2.24) is 10.2 Å². The number of phenols is 1. The van der Waals surface area contributed by atoms with E-state index in [0.717, 1.165) is 25.2 Å². The van der Waals surface area contributed by atoms with Crippen LogP contribution in [0.3, 0.4) is 0 Å². The molecule has 0 radical (unpaired) electrons. The first-order chi connectivity index (χ1) is 9.22. The summed E-state index contributed by atoms with van der Waals surface area (Å²) in [6.07, 6.45) is 2.89. The van der Waals surface area contributed by atoms with Gasteiger partial charge in [-0.3, -0.25) is 4.79 Å². The Kier molecular flexibility index (Phi) is 3.42. The Bertz CT molecular complexity index is 444. The number of aromatic hydroxyl groups is 1. The van der Waals surface area contributed by atoms with Crippen molar-refractivity contribution in [3.8, 4) is 5.75 Å². The summed E-state index contributed by atoms with van der Waals surface area (Å²) in [7, 11) is 0. The van der Waals surface area contributed by atoms with Crippen LogP contribution in [-0.2, 0) is 11.2 Å². The standard InChI is InChI=1S/C15H20N2O2/c18-13-5-3-11(4-6-13)8-15(19)17-9-12-2-1-7-16-14(12)10-17/h3-6,12,14,16,18H,1-2,7-10H2. The van der Waals surface area contributed by atoms with Gasteiger partial charge in [0.1, 0.15) is 5.75 Å². The van der Waals surface area contributed by atoms with E-state index >= 15 is 0 Å². The second-order valence-electron chi connectivity index (χ2n) is 5.60. The number of hydrogen-bond donors (Lipinski definition) is 2. The number of hydrogen-bond acceptors (Lipinski definition) is 3. The van der Waals surface area contributed by atoms with Gasteiger partial charge in [0, 0.05) is 19.1 Å². The number of carbonyl (C=O) groups is 1. The molecule has 0 spiro atoms. The summed E-state index contributed by atoms with van der Waals surface area (Å²) < 4.78 is 0. The third kappa shape index (κ3) is 2.73. The molecule has 2 fully saturated rings. The number of amides is 1. The zero-order chi connectivity index (χ0) is 13.2. The van der Waals surface area contributed by atoms with E-state index in [4.69, 9.17) is 0 Å². The third-order valence-electron chi connectivity index (χ3n) is 4.24. The van der Waals surface area contributed by atoms with Crippen LogP contribution in [-0.4, -0.2) is 41.6 Å². The molecule has 2 aliphatic heterocycles. The Hall–Kier alpha value is -1.55. The van der Waals surface area contributed by atoms with Gasteiger partial charge in [-0.1, -0.05) is 12.1 Å². The molecule has 2 aliphatic rings. The lowest BCUT2D eigenvalue weighted by Gasteiger charge is -2.24. The second kappa shape index (κ2) is 5.21. The molecule has 1 aromatic carbocycles. The maximum Gasteiger partial charge on any atom is 0.227 e. The fraction of sp³-hybridized carbons (Fsp3) is 0.533. The average Bonchev–Trinajstić information content (AvgIpc) is 2.85. The molecule has 2 saturated heterocycles. The molecular weight excluding hydrogens is 240 g/mol. The van der Waals surface area contributed by atoms with E-state index in [1.165, 1.54) is 12.8 Å². The Balaban J connectivity index is 1.60. The van der Waals surface area contributed by atoms with E-state index < -0.39 is 0 Å². The van der Waals surface area contributed by atoms with E-state index in [1.54, 1.807) is 12.1 Å². The average molecular weight is 260 g/mol. The summed E-state index contributed by atoms with van der Waals surface area (Å²) in [6.45, 7) is 2.83. The number of nitrogens with one attached hydrogen (secondary N) is 1. The Morgan fingerprint density at radius 2 is 2.11 bits per heavy atom. The van der Waals surface area contributed by atoms with Gasteiger partial charge in [-0.2, -0.15) is 0 Å². The molecule has 19 heavy (non-hydrogen) atoms. The van der Waals surface area contributed by atoms with Gasteiger partial charge in [0.05, 0.1) is 6.42 Å². The summed E-state index contributed by atoms with van der Waals surface area (Å²) in [5.41, 5.74) is 0.964. The maximum atomic E-state index is 12.3. The second-order valence-corrected chi connectivity index (χ2v) is 5.60. The Labute approximate surface area is 113 Å². The summed E-state index contributed by atoms with van der Waals surface area (Å²) in [5, 5.41) is 12.7. The summed E-state index contributed by atoms with van der Waals surface area (Å²) in [6, 6.07) is 7.39. The molecule has 2 atom stereocenters. The number of phenolic OH excluding ortho intramolecular Hbond substituents is 1. The van der Waals surface area contributed by atoms with Gasteiger partial charge in [0.15, 0.2) is 0 Å². The number of carbonyl (C=O) groups excluding carboxylic acids is 1. The zero-order valence-corrected chi connectivity index (χ0v) is 11.0. The van der Waals surface area contributed by atoms with E-state index in [0.29, 0.717) is 18.4 Å². The molecule has 1 aromatic rings. The minimum Gasteiger partial charge on any atom is -0.508 e. The van der Waals surface area contributed by atoms with Crippen LogP contribution in [0.4, 0.5) is 0 Å². The first-order valence-corrected chi connectivity index (χ1v) is 7.01. The van der Waals surface area contributed by atoms with E-state index in [-0.39, 0.29) is 11.7 Å². The van der Waals surface area contributed by atoms with E-state index in [1.807, 2.05) is 17.0 Å². The monoisotopic (exact) mass is 260 g/mol. The van der Waals surface area contributed by atoms with Crippen LogP contribution in [0.15, 0.2) is 24.3 Å². The molecule has 3 rings (SSSR count). The molecule has 1 amide bonds. The molecule has 0 saturated carbocycles. The van der Waals surface area contributed by atoms with Crippen LogP contribution < -0.4 is 5.32 Å². The minimum absolute atomic E-state index is 0.196. The lowest BCUT2D eigenvalue weighted by Crippen LogP contribution is -2.41. The van der Waals surface area contributed by atoms with Gasteiger partial charge in [0.25, 0.3) is 0 Å². The van der Waals surface area contributed by atoms with Crippen LogP contribution in [0, 0.1) is 5.92 Å². The maximum absolute atomic E-state index is 12.3.